The van der Waals surface area contributed by atoms with Crippen molar-refractivity contribution in [2.75, 3.05) is 4.90 Å². The van der Waals surface area contributed by atoms with Crippen LogP contribution in [0.1, 0.15) is 41.2 Å². The average molecular weight is 272 g/mol. The lowest BCUT2D eigenvalue weighted by Crippen LogP contribution is -2.38. The molecule has 1 heterocycles. The second-order valence-corrected chi connectivity index (χ2v) is 5.33. The Bertz CT molecular complexity index is 609. The summed E-state index contributed by atoms with van der Waals surface area (Å²) in [6, 6.07) is 7.74. The smallest absolute Gasteiger partial charge is 0.280 e. The van der Waals surface area contributed by atoms with Crippen molar-refractivity contribution < 1.29 is 9.32 Å². The summed E-state index contributed by atoms with van der Waals surface area (Å²) in [5, 5.41) is 3.84. The third-order valence-electron chi connectivity index (χ3n) is 3.26. The van der Waals surface area contributed by atoms with Crippen LogP contribution in [0.2, 0.25) is 0 Å². The maximum atomic E-state index is 12.7. The molecule has 0 unspecified atom stereocenters. The highest BCUT2D eigenvalue weighted by Crippen LogP contribution is 2.28. The molecule has 0 aliphatic carbocycles. The first-order chi connectivity index (χ1) is 9.41. The van der Waals surface area contributed by atoms with Gasteiger partial charge in [0.05, 0.1) is 5.69 Å². The number of nitrogens with zero attached hydrogens (tertiary/aromatic N) is 2. The Morgan fingerprint density at radius 2 is 1.80 bits per heavy atom. The second kappa shape index (κ2) is 5.49. The van der Waals surface area contributed by atoms with E-state index >= 15 is 0 Å². The van der Waals surface area contributed by atoms with E-state index < -0.39 is 0 Å². The zero-order chi connectivity index (χ0) is 14.9. The average Bonchev–Trinajstić information content (AvgIpc) is 2.79. The number of aryl methyl sites for hydroxylation is 3. The molecule has 0 fully saturated rings. The molecule has 2 aromatic rings. The van der Waals surface area contributed by atoms with Gasteiger partial charge in [-0.25, -0.2) is 0 Å². The largest absolute Gasteiger partial charge is 0.361 e. The van der Waals surface area contributed by atoms with Crippen molar-refractivity contribution in [3.63, 3.8) is 0 Å². The zero-order valence-electron chi connectivity index (χ0n) is 12.6. The number of aromatic nitrogens is 1. The van der Waals surface area contributed by atoms with Crippen LogP contribution in [0.25, 0.3) is 0 Å². The lowest BCUT2D eigenvalue weighted by molar-refractivity contribution is 0.0971. The van der Waals surface area contributed by atoms with Crippen LogP contribution in [0.15, 0.2) is 28.8 Å². The molecule has 0 aliphatic heterocycles. The van der Waals surface area contributed by atoms with Crippen LogP contribution < -0.4 is 4.90 Å². The van der Waals surface area contributed by atoms with Crippen molar-refractivity contribution in [2.24, 2.45) is 0 Å². The fourth-order valence-corrected chi connectivity index (χ4v) is 2.37. The predicted octanol–water partition coefficient (Wildman–Crippen LogP) is 3.66. The van der Waals surface area contributed by atoms with Crippen LogP contribution in [0.3, 0.4) is 0 Å². The van der Waals surface area contributed by atoms with E-state index in [2.05, 4.69) is 5.16 Å². The van der Waals surface area contributed by atoms with Gasteiger partial charge < -0.3 is 9.42 Å². The quantitative estimate of drug-likeness (QED) is 0.856. The van der Waals surface area contributed by atoms with Crippen LogP contribution in [-0.2, 0) is 0 Å². The number of anilines is 1. The number of amides is 1. The van der Waals surface area contributed by atoms with Crippen molar-refractivity contribution in [3.8, 4) is 0 Å². The number of para-hydroxylation sites is 1. The molecule has 20 heavy (non-hydrogen) atoms. The molecule has 4 heteroatoms. The van der Waals surface area contributed by atoms with Gasteiger partial charge in [-0.3, -0.25) is 4.79 Å². The first-order valence-electron chi connectivity index (χ1n) is 6.75. The molecule has 0 bridgehead atoms. The molecule has 106 valence electrons. The van der Waals surface area contributed by atoms with Gasteiger partial charge in [0, 0.05) is 12.1 Å². The Kier molecular flexibility index (Phi) is 3.93. The molecule has 0 spiro atoms. The maximum absolute atomic E-state index is 12.7. The fourth-order valence-electron chi connectivity index (χ4n) is 2.37. The van der Waals surface area contributed by atoms with Crippen LogP contribution >= 0.6 is 0 Å². The highest BCUT2D eigenvalue weighted by atomic mass is 16.5. The van der Waals surface area contributed by atoms with Gasteiger partial charge in [0.15, 0.2) is 5.69 Å². The molecule has 0 saturated heterocycles. The highest BCUT2D eigenvalue weighted by molar-refractivity contribution is 6.06. The minimum Gasteiger partial charge on any atom is -0.361 e. The normalized spacial score (nSPS) is 10.9. The number of carbonyl (C=O) groups excluding carboxylic acids is 1. The van der Waals surface area contributed by atoms with Gasteiger partial charge >= 0.3 is 0 Å². The van der Waals surface area contributed by atoms with Gasteiger partial charge in [-0.2, -0.15) is 0 Å². The van der Waals surface area contributed by atoms with Gasteiger partial charge in [-0.05, 0) is 45.7 Å². The van der Waals surface area contributed by atoms with Gasteiger partial charge in [-0.15, -0.1) is 0 Å². The Morgan fingerprint density at radius 3 is 2.25 bits per heavy atom. The number of hydrogen-bond acceptors (Lipinski definition) is 3. The third kappa shape index (κ3) is 2.59. The molecule has 1 amide bonds. The van der Waals surface area contributed by atoms with Gasteiger partial charge in [0.2, 0.25) is 0 Å². The van der Waals surface area contributed by atoms with E-state index in [1.807, 2.05) is 45.9 Å². The lowest BCUT2D eigenvalue weighted by atomic mass is 10.1. The van der Waals surface area contributed by atoms with Crippen molar-refractivity contribution in [1.29, 1.82) is 0 Å². The van der Waals surface area contributed by atoms with E-state index in [0.29, 0.717) is 11.5 Å². The second-order valence-electron chi connectivity index (χ2n) is 5.33. The summed E-state index contributed by atoms with van der Waals surface area (Å²) >= 11 is 0. The minimum atomic E-state index is -0.130. The van der Waals surface area contributed by atoms with Crippen molar-refractivity contribution >= 4 is 11.6 Å². The molecule has 1 aromatic heterocycles. The van der Waals surface area contributed by atoms with E-state index in [0.717, 1.165) is 16.8 Å². The standard InChI is InChI=1S/C16H20N2O2/c1-10(2)18(15-11(3)7-6-8-12(15)4)16(19)14-9-13(5)20-17-14/h6-10H,1-5H3. The van der Waals surface area contributed by atoms with E-state index in [-0.39, 0.29) is 11.9 Å². The van der Waals surface area contributed by atoms with E-state index in [9.17, 15) is 4.79 Å². The summed E-state index contributed by atoms with van der Waals surface area (Å²) in [7, 11) is 0. The molecular formula is C16H20N2O2. The Labute approximate surface area is 119 Å². The lowest BCUT2D eigenvalue weighted by Gasteiger charge is -2.29. The van der Waals surface area contributed by atoms with E-state index in [1.165, 1.54) is 0 Å². The fraction of sp³-hybridized carbons (Fsp3) is 0.375. The predicted molar refractivity (Wildman–Crippen MR) is 79.1 cm³/mol. The molecular weight excluding hydrogens is 252 g/mol. The number of hydrogen-bond donors (Lipinski definition) is 0. The maximum Gasteiger partial charge on any atom is 0.280 e. The van der Waals surface area contributed by atoms with Crippen LogP contribution in [0, 0.1) is 20.8 Å². The third-order valence-corrected chi connectivity index (χ3v) is 3.26. The summed E-state index contributed by atoms with van der Waals surface area (Å²) < 4.78 is 5.01. The van der Waals surface area contributed by atoms with Crippen LogP contribution in [0.5, 0.6) is 0 Å². The van der Waals surface area contributed by atoms with Crippen molar-refractivity contribution in [2.45, 2.75) is 40.7 Å². The Balaban J connectivity index is 2.49. The summed E-state index contributed by atoms with van der Waals surface area (Å²) in [6.07, 6.45) is 0. The Hall–Kier alpha value is -2.10. The topological polar surface area (TPSA) is 46.3 Å². The molecule has 0 aliphatic rings. The molecule has 0 saturated carbocycles. The first kappa shape index (κ1) is 14.3. The molecule has 0 radical (unpaired) electrons. The molecule has 0 atom stereocenters. The number of benzene rings is 1. The highest BCUT2D eigenvalue weighted by Gasteiger charge is 2.25. The summed E-state index contributed by atoms with van der Waals surface area (Å²) in [5.41, 5.74) is 3.45. The van der Waals surface area contributed by atoms with Gasteiger partial charge in [0.1, 0.15) is 5.76 Å². The molecule has 1 aromatic carbocycles. The van der Waals surface area contributed by atoms with E-state index in [1.54, 1.807) is 17.9 Å². The molecule has 2 rings (SSSR count). The van der Waals surface area contributed by atoms with E-state index in [4.69, 9.17) is 4.52 Å². The van der Waals surface area contributed by atoms with Crippen LogP contribution in [0.4, 0.5) is 5.69 Å². The number of carbonyl (C=O) groups is 1. The summed E-state index contributed by atoms with van der Waals surface area (Å²) in [6.45, 7) is 9.80. The van der Waals surface area contributed by atoms with Crippen molar-refractivity contribution in [3.05, 3.63) is 46.8 Å². The monoisotopic (exact) mass is 272 g/mol. The van der Waals surface area contributed by atoms with Crippen molar-refractivity contribution in [1.82, 2.24) is 5.16 Å². The Morgan fingerprint density at radius 1 is 1.20 bits per heavy atom. The van der Waals surface area contributed by atoms with Gasteiger partial charge in [-0.1, -0.05) is 23.4 Å². The first-order valence-corrected chi connectivity index (χ1v) is 6.75. The number of rotatable bonds is 3. The molecule has 4 nitrogen and oxygen atoms in total. The minimum absolute atomic E-state index is 0.0410. The summed E-state index contributed by atoms with van der Waals surface area (Å²) in [4.78, 5) is 14.5. The molecule has 0 N–H and O–H groups in total. The summed E-state index contributed by atoms with van der Waals surface area (Å²) in [5.74, 6) is 0.507. The zero-order valence-corrected chi connectivity index (χ0v) is 12.6. The van der Waals surface area contributed by atoms with Crippen LogP contribution in [-0.4, -0.2) is 17.1 Å². The SMILES string of the molecule is Cc1cc(C(=O)N(c2c(C)cccc2C)C(C)C)no1. The van der Waals surface area contributed by atoms with Gasteiger partial charge in [0.25, 0.3) is 5.91 Å².